The van der Waals surface area contributed by atoms with Crippen molar-refractivity contribution in [2.45, 2.75) is 0 Å². The third kappa shape index (κ3) is 1.96. The van der Waals surface area contributed by atoms with E-state index in [0.29, 0.717) is 28.3 Å². The van der Waals surface area contributed by atoms with E-state index in [2.05, 4.69) is 19.9 Å². The van der Waals surface area contributed by atoms with Crippen LogP contribution in [0.5, 0.6) is 5.75 Å². The average molecular weight is 276 g/mol. The van der Waals surface area contributed by atoms with E-state index < -0.39 is 0 Å². The number of fused-ring (bicyclic) bond motifs is 1. The van der Waals surface area contributed by atoms with Gasteiger partial charge in [-0.05, 0) is 29.8 Å². The fraction of sp³-hybridized carbons (Fsp3) is 0.0833. The number of anilines is 1. The molecular weight excluding hydrogens is 266 g/mol. The van der Waals surface area contributed by atoms with Crippen molar-refractivity contribution in [2.75, 3.05) is 12.8 Å². The molecule has 0 radical (unpaired) electrons. The van der Waals surface area contributed by atoms with Crippen molar-refractivity contribution in [3.8, 4) is 17.0 Å². The summed E-state index contributed by atoms with van der Waals surface area (Å²) in [4.78, 5) is 15.3. The van der Waals surface area contributed by atoms with Crippen LogP contribution in [-0.2, 0) is 0 Å². The lowest BCUT2D eigenvalue weighted by Crippen LogP contribution is -1.95. The van der Waals surface area contributed by atoms with E-state index in [4.69, 9.17) is 22.1 Å². The molecule has 0 atom stereocenters. The molecule has 0 aliphatic rings. The number of methoxy groups -OCH3 is 1. The average Bonchev–Trinajstić information content (AvgIpc) is 2.85. The molecule has 3 rings (SSSR count). The van der Waals surface area contributed by atoms with E-state index in [-0.39, 0.29) is 5.28 Å². The van der Waals surface area contributed by atoms with Gasteiger partial charge in [0.2, 0.25) is 5.28 Å². The standard InChI is InChI=1S/C12H10ClN5O/c1-19-8-3-2-6(4-7(8)14)9-10-11(16-5-15-10)18-12(13)17-9/h2-5H,14H2,1H3,(H,15,16,17,18). The Bertz CT molecular complexity index is 755. The summed E-state index contributed by atoms with van der Waals surface area (Å²) in [7, 11) is 1.57. The number of aromatic amines is 1. The summed E-state index contributed by atoms with van der Waals surface area (Å²) in [5.74, 6) is 0.616. The Morgan fingerprint density at radius 3 is 2.89 bits per heavy atom. The van der Waals surface area contributed by atoms with Gasteiger partial charge in [0.15, 0.2) is 5.65 Å². The summed E-state index contributed by atoms with van der Waals surface area (Å²) < 4.78 is 5.13. The molecule has 2 heterocycles. The topological polar surface area (TPSA) is 89.7 Å². The minimum Gasteiger partial charge on any atom is -0.495 e. The first-order valence-corrected chi connectivity index (χ1v) is 5.87. The maximum Gasteiger partial charge on any atom is 0.225 e. The molecule has 3 N–H and O–H groups in total. The van der Waals surface area contributed by atoms with Crippen LogP contribution in [0.4, 0.5) is 5.69 Å². The second-order valence-electron chi connectivity index (χ2n) is 3.90. The molecule has 3 aromatic rings. The Balaban J connectivity index is 2.23. The van der Waals surface area contributed by atoms with Crippen LogP contribution in [0.3, 0.4) is 0 Å². The van der Waals surface area contributed by atoms with Gasteiger partial charge in [0.1, 0.15) is 17.0 Å². The van der Waals surface area contributed by atoms with Gasteiger partial charge in [0.05, 0.1) is 19.1 Å². The number of hydrogen-bond acceptors (Lipinski definition) is 5. The first-order valence-electron chi connectivity index (χ1n) is 5.49. The van der Waals surface area contributed by atoms with Crippen LogP contribution in [0.15, 0.2) is 24.5 Å². The number of benzene rings is 1. The number of nitrogens with two attached hydrogens (primary N) is 1. The van der Waals surface area contributed by atoms with Gasteiger partial charge in [-0.3, -0.25) is 0 Å². The Kier molecular flexibility index (Phi) is 2.72. The minimum atomic E-state index is 0.143. The van der Waals surface area contributed by atoms with Crippen molar-refractivity contribution in [3.63, 3.8) is 0 Å². The molecule has 2 aromatic heterocycles. The normalized spacial score (nSPS) is 10.8. The van der Waals surface area contributed by atoms with Crippen LogP contribution in [0.1, 0.15) is 0 Å². The molecule has 0 amide bonds. The highest BCUT2D eigenvalue weighted by Gasteiger charge is 2.12. The molecule has 1 aromatic carbocycles. The third-order valence-electron chi connectivity index (χ3n) is 2.76. The van der Waals surface area contributed by atoms with Gasteiger partial charge in [-0.25, -0.2) is 9.97 Å². The lowest BCUT2D eigenvalue weighted by molar-refractivity contribution is 0.417. The number of imidazole rings is 1. The Hall–Kier alpha value is -2.34. The van der Waals surface area contributed by atoms with Crippen LogP contribution in [0.25, 0.3) is 22.4 Å². The first-order chi connectivity index (χ1) is 9.19. The van der Waals surface area contributed by atoms with E-state index in [1.165, 1.54) is 0 Å². The molecule has 0 saturated carbocycles. The fourth-order valence-corrected chi connectivity index (χ4v) is 2.06. The van der Waals surface area contributed by atoms with Crippen LogP contribution < -0.4 is 10.5 Å². The quantitative estimate of drug-likeness (QED) is 0.553. The van der Waals surface area contributed by atoms with Gasteiger partial charge in [-0.2, -0.15) is 4.98 Å². The van der Waals surface area contributed by atoms with Crippen molar-refractivity contribution < 1.29 is 4.74 Å². The maximum atomic E-state index is 5.90. The predicted octanol–water partition coefficient (Wildman–Crippen LogP) is 2.26. The smallest absolute Gasteiger partial charge is 0.225 e. The van der Waals surface area contributed by atoms with E-state index in [9.17, 15) is 0 Å². The zero-order valence-electron chi connectivity index (χ0n) is 10.0. The number of halogens is 1. The zero-order valence-corrected chi connectivity index (χ0v) is 10.8. The van der Waals surface area contributed by atoms with Crippen LogP contribution in [0, 0.1) is 0 Å². The number of ether oxygens (including phenoxy) is 1. The minimum absolute atomic E-state index is 0.143. The molecule has 96 valence electrons. The number of nitrogens with zero attached hydrogens (tertiary/aromatic N) is 3. The van der Waals surface area contributed by atoms with Crippen LogP contribution in [0.2, 0.25) is 5.28 Å². The van der Waals surface area contributed by atoms with Crippen molar-refractivity contribution in [2.24, 2.45) is 0 Å². The molecular formula is C12H10ClN5O. The lowest BCUT2D eigenvalue weighted by atomic mass is 10.1. The van der Waals surface area contributed by atoms with E-state index in [1.54, 1.807) is 25.6 Å². The Morgan fingerprint density at radius 1 is 1.32 bits per heavy atom. The molecule has 0 aliphatic heterocycles. The van der Waals surface area contributed by atoms with Gasteiger partial charge in [-0.1, -0.05) is 0 Å². The summed E-state index contributed by atoms with van der Waals surface area (Å²) >= 11 is 5.90. The van der Waals surface area contributed by atoms with Crippen LogP contribution in [-0.4, -0.2) is 27.0 Å². The van der Waals surface area contributed by atoms with Crippen molar-refractivity contribution >= 4 is 28.5 Å². The second-order valence-corrected chi connectivity index (χ2v) is 4.24. The molecule has 0 saturated heterocycles. The molecule has 6 nitrogen and oxygen atoms in total. The summed E-state index contributed by atoms with van der Waals surface area (Å²) in [6.45, 7) is 0. The van der Waals surface area contributed by atoms with Crippen LogP contribution >= 0.6 is 11.6 Å². The van der Waals surface area contributed by atoms with Gasteiger partial charge in [-0.15, -0.1) is 0 Å². The van der Waals surface area contributed by atoms with Gasteiger partial charge >= 0.3 is 0 Å². The van der Waals surface area contributed by atoms with E-state index in [1.807, 2.05) is 6.07 Å². The highest BCUT2D eigenvalue weighted by Crippen LogP contribution is 2.30. The number of nitrogens with one attached hydrogen (secondary N) is 1. The summed E-state index contributed by atoms with van der Waals surface area (Å²) in [5.41, 5.74) is 9.14. The highest BCUT2D eigenvalue weighted by molar-refractivity contribution is 6.28. The summed E-state index contributed by atoms with van der Waals surface area (Å²) in [6, 6.07) is 5.41. The SMILES string of the molecule is COc1ccc(-c2nc(Cl)nc3nc[nH]c23)cc1N. The van der Waals surface area contributed by atoms with Crippen molar-refractivity contribution in [1.29, 1.82) is 0 Å². The highest BCUT2D eigenvalue weighted by atomic mass is 35.5. The zero-order chi connectivity index (χ0) is 13.4. The Morgan fingerprint density at radius 2 is 2.16 bits per heavy atom. The molecule has 0 aliphatic carbocycles. The second kappa shape index (κ2) is 4.40. The van der Waals surface area contributed by atoms with E-state index >= 15 is 0 Å². The largest absolute Gasteiger partial charge is 0.495 e. The monoisotopic (exact) mass is 275 g/mol. The number of aromatic nitrogens is 4. The third-order valence-corrected chi connectivity index (χ3v) is 2.93. The number of rotatable bonds is 2. The van der Waals surface area contributed by atoms with Gasteiger partial charge in [0, 0.05) is 5.56 Å². The summed E-state index contributed by atoms with van der Waals surface area (Å²) in [6.07, 6.45) is 1.55. The molecule has 0 fully saturated rings. The fourth-order valence-electron chi connectivity index (χ4n) is 1.90. The molecule has 0 bridgehead atoms. The lowest BCUT2D eigenvalue weighted by Gasteiger charge is -2.07. The molecule has 7 heteroatoms. The van der Waals surface area contributed by atoms with Crippen molar-refractivity contribution in [3.05, 3.63) is 29.8 Å². The summed E-state index contributed by atoms with van der Waals surface area (Å²) in [5, 5.41) is 0.143. The number of nitrogen functional groups attached to an aromatic ring is 1. The number of H-pyrrole nitrogens is 1. The molecule has 0 spiro atoms. The van der Waals surface area contributed by atoms with Gasteiger partial charge in [0.25, 0.3) is 0 Å². The Labute approximate surface area is 113 Å². The predicted molar refractivity (Wildman–Crippen MR) is 73.1 cm³/mol. The first kappa shape index (κ1) is 11.7. The molecule has 19 heavy (non-hydrogen) atoms. The van der Waals surface area contributed by atoms with Crippen molar-refractivity contribution in [1.82, 2.24) is 19.9 Å². The maximum absolute atomic E-state index is 5.90. The van der Waals surface area contributed by atoms with E-state index in [0.717, 1.165) is 5.56 Å². The molecule has 0 unspecified atom stereocenters. The van der Waals surface area contributed by atoms with Gasteiger partial charge < -0.3 is 15.5 Å². The number of hydrogen-bond donors (Lipinski definition) is 2.